The highest BCUT2D eigenvalue weighted by atomic mass is 16.4. The number of nitrogens with zero attached hydrogens (tertiary/aromatic N) is 1. The van der Waals surface area contributed by atoms with E-state index in [0.717, 1.165) is 16.5 Å². The summed E-state index contributed by atoms with van der Waals surface area (Å²) in [6.45, 7) is 0. The van der Waals surface area contributed by atoms with Crippen molar-refractivity contribution in [3.8, 4) is 0 Å². The normalized spacial score (nSPS) is 12.2. The number of hydrogen-bond donors (Lipinski definition) is 3. The van der Waals surface area contributed by atoms with Gasteiger partial charge in [0.25, 0.3) is 0 Å². The van der Waals surface area contributed by atoms with Gasteiger partial charge in [-0.05, 0) is 11.6 Å². The first-order chi connectivity index (χ1) is 8.22. The zero-order valence-corrected chi connectivity index (χ0v) is 8.88. The number of benzene rings is 1. The third-order valence-corrected chi connectivity index (χ3v) is 2.61. The number of carboxylic acid groups (broad SMARTS) is 1. The first kappa shape index (κ1) is 11.1. The molecule has 0 aliphatic carbocycles. The predicted octanol–water partition coefficient (Wildman–Crippen LogP) is 1.43. The highest BCUT2D eigenvalue weighted by molar-refractivity contribution is 5.84. The fourth-order valence-electron chi connectivity index (χ4n) is 1.77. The molecule has 2 rings (SSSR count). The highest BCUT2D eigenvalue weighted by Crippen LogP contribution is 2.19. The molecule has 6 nitrogen and oxygen atoms in total. The molecule has 0 saturated carbocycles. The van der Waals surface area contributed by atoms with Gasteiger partial charge in [-0.3, -0.25) is 5.43 Å². The second-order valence-corrected chi connectivity index (χ2v) is 3.67. The maximum atomic E-state index is 10.9. The molecule has 6 heteroatoms. The third-order valence-electron chi connectivity index (χ3n) is 2.61. The molecule has 17 heavy (non-hydrogen) atoms. The van der Waals surface area contributed by atoms with Crippen LogP contribution in [0.15, 0.2) is 35.7 Å². The third kappa shape index (κ3) is 2.25. The average molecular weight is 233 g/mol. The molecular weight excluding hydrogens is 222 g/mol. The number of aromatic nitrogens is 1. The smallest absolute Gasteiger partial charge is 0.328 e. The Morgan fingerprint density at radius 2 is 2.24 bits per heavy atom. The fourth-order valence-corrected chi connectivity index (χ4v) is 1.77. The van der Waals surface area contributed by atoms with E-state index in [0.29, 0.717) is 0 Å². The van der Waals surface area contributed by atoms with Crippen molar-refractivity contribution in [1.29, 1.82) is 0 Å². The Balaban J connectivity index is 2.28. The van der Waals surface area contributed by atoms with E-state index >= 15 is 0 Å². The topological polar surface area (TPSA) is 94.5 Å². The number of aromatic amines is 1. The average Bonchev–Trinajstić information content (AvgIpc) is 2.72. The van der Waals surface area contributed by atoms with Gasteiger partial charge in [0.05, 0.1) is 5.29 Å². The molecule has 0 unspecified atom stereocenters. The van der Waals surface area contributed by atoms with Crippen LogP contribution in [0.4, 0.5) is 0 Å². The van der Waals surface area contributed by atoms with Gasteiger partial charge in [0.15, 0.2) is 0 Å². The van der Waals surface area contributed by atoms with Gasteiger partial charge in [-0.1, -0.05) is 18.2 Å². The number of fused-ring (bicyclic) bond motifs is 1. The molecule has 1 aromatic heterocycles. The number of nitroso groups, excluding NO2 is 1. The number of aliphatic carboxylic acids is 1. The van der Waals surface area contributed by atoms with Gasteiger partial charge in [-0.2, -0.15) is 0 Å². The van der Waals surface area contributed by atoms with Crippen LogP contribution in [0.1, 0.15) is 5.56 Å². The Bertz CT molecular complexity index is 550. The Hall–Kier alpha value is -2.37. The maximum absolute atomic E-state index is 10.9. The molecule has 0 aliphatic heterocycles. The van der Waals surface area contributed by atoms with Gasteiger partial charge in [-0.15, -0.1) is 4.91 Å². The fraction of sp³-hybridized carbons (Fsp3) is 0.182. The van der Waals surface area contributed by atoms with Crippen molar-refractivity contribution < 1.29 is 9.90 Å². The van der Waals surface area contributed by atoms with Crippen LogP contribution in [0.3, 0.4) is 0 Å². The maximum Gasteiger partial charge on any atom is 0.328 e. The lowest BCUT2D eigenvalue weighted by Crippen LogP contribution is -2.34. The van der Waals surface area contributed by atoms with Crippen LogP contribution < -0.4 is 5.43 Å². The van der Waals surface area contributed by atoms with Crippen molar-refractivity contribution >= 4 is 16.9 Å². The van der Waals surface area contributed by atoms with Gasteiger partial charge in [0, 0.05) is 23.5 Å². The van der Waals surface area contributed by atoms with E-state index in [2.05, 4.69) is 10.3 Å². The summed E-state index contributed by atoms with van der Waals surface area (Å²) in [6, 6.07) is 6.56. The summed E-state index contributed by atoms with van der Waals surface area (Å²) in [4.78, 5) is 24.0. The lowest BCUT2D eigenvalue weighted by Gasteiger charge is -2.08. The molecule has 0 saturated heterocycles. The summed E-state index contributed by atoms with van der Waals surface area (Å²) in [5.41, 5.74) is 3.81. The van der Waals surface area contributed by atoms with Gasteiger partial charge in [0.1, 0.15) is 6.04 Å². The van der Waals surface area contributed by atoms with E-state index in [1.807, 2.05) is 29.7 Å². The lowest BCUT2D eigenvalue weighted by atomic mass is 10.1. The number of hydrogen-bond acceptors (Lipinski definition) is 3. The summed E-state index contributed by atoms with van der Waals surface area (Å²) in [7, 11) is 0. The van der Waals surface area contributed by atoms with Crippen LogP contribution in [-0.4, -0.2) is 22.1 Å². The monoisotopic (exact) mass is 233 g/mol. The number of carbonyl (C=O) groups is 1. The number of rotatable bonds is 5. The van der Waals surface area contributed by atoms with Gasteiger partial charge >= 0.3 is 5.97 Å². The first-order valence-electron chi connectivity index (χ1n) is 5.08. The zero-order chi connectivity index (χ0) is 12.3. The van der Waals surface area contributed by atoms with Gasteiger partial charge in [-0.25, -0.2) is 4.79 Å². The van der Waals surface area contributed by atoms with E-state index in [9.17, 15) is 9.70 Å². The predicted molar refractivity (Wildman–Crippen MR) is 62.4 cm³/mol. The molecule has 1 heterocycles. The number of H-pyrrole nitrogens is 1. The largest absolute Gasteiger partial charge is 0.480 e. The summed E-state index contributed by atoms with van der Waals surface area (Å²) in [5.74, 6) is -1.10. The molecule has 2 aromatic rings. The zero-order valence-electron chi connectivity index (χ0n) is 8.88. The van der Waals surface area contributed by atoms with Crippen molar-refractivity contribution in [3.05, 3.63) is 40.9 Å². The van der Waals surface area contributed by atoms with Gasteiger partial charge in [0.2, 0.25) is 0 Å². The molecule has 88 valence electrons. The van der Waals surface area contributed by atoms with Crippen molar-refractivity contribution in [2.75, 3.05) is 0 Å². The Morgan fingerprint density at radius 1 is 1.47 bits per heavy atom. The first-order valence-corrected chi connectivity index (χ1v) is 5.08. The molecule has 3 N–H and O–H groups in total. The summed E-state index contributed by atoms with van der Waals surface area (Å²) < 4.78 is 0. The van der Waals surface area contributed by atoms with Crippen LogP contribution in [0.2, 0.25) is 0 Å². The second-order valence-electron chi connectivity index (χ2n) is 3.67. The number of carboxylic acids is 1. The minimum atomic E-state index is -1.10. The van der Waals surface area contributed by atoms with Crippen molar-refractivity contribution in [3.63, 3.8) is 0 Å². The molecular formula is C11H11N3O3. The van der Waals surface area contributed by atoms with Crippen molar-refractivity contribution in [2.24, 2.45) is 5.29 Å². The van der Waals surface area contributed by atoms with Crippen molar-refractivity contribution in [2.45, 2.75) is 12.5 Å². The summed E-state index contributed by atoms with van der Waals surface area (Å²) >= 11 is 0. The van der Waals surface area contributed by atoms with Crippen LogP contribution >= 0.6 is 0 Å². The summed E-state index contributed by atoms with van der Waals surface area (Å²) in [6.07, 6.45) is 1.94. The molecule has 0 spiro atoms. The molecule has 0 fully saturated rings. The van der Waals surface area contributed by atoms with E-state index < -0.39 is 12.0 Å². The Morgan fingerprint density at radius 3 is 2.94 bits per heavy atom. The van der Waals surface area contributed by atoms with Crippen LogP contribution in [0.25, 0.3) is 10.9 Å². The van der Waals surface area contributed by atoms with E-state index in [4.69, 9.17) is 5.11 Å². The molecule has 0 bridgehead atoms. The highest BCUT2D eigenvalue weighted by Gasteiger charge is 2.19. The SMILES string of the molecule is O=NN[C@@H](Cc1c[nH]c2ccccc12)C(=O)O. The van der Waals surface area contributed by atoms with Crippen molar-refractivity contribution in [1.82, 2.24) is 10.4 Å². The quantitative estimate of drug-likeness (QED) is 0.538. The van der Waals surface area contributed by atoms with Crippen LogP contribution in [0, 0.1) is 4.91 Å². The minimum absolute atomic E-state index is 0.199. The minimum Gasteiger partial charge on any atom is -0.480 e. The molecule has 0 radical (unpaired) electrons. The standard InChI is InChI=1S/C11H11N3O3/c15-11(16)10(13-14-17)5-7-6-12-9-4-2-1-3-8(7)9/h1-4,6,10,12H,5H2,(H,13,17)(H,15,16)/t10-/m0/s1. The van der Waals surface area contributed by atoms with Crippen LogP contribution in [0.5, 0.6) is 0 Å². The van der Waals surface area contributed by atoms with E-state index in [1.165, 1.54) is 0 Å². The number of nitrogens with one attached hydrogen (secondary N) is 2. The molecule has 0 amide bonds. The molecule has 0 aliphatic rings. The van der Waals surface area contributed by atoms with Crippen LogP contribution in [-0.2, 0) is 11.2 Å². The Labute approximate surface area is 96.6 Å². The number of para-hydroxylation sites is 1. The van der Waals surface area contributed by atoms with E-state index in [-0.39, 0.29) is 6.42 Å². The molecule has 1 atom stereocenters. The molecule has 1 aromatic carbocycles. The Kier molecular flexibility index (Phi) is 3.04. The lowest BCUT2D eigenvalue weighted by molar-refractivity contribution is -0.139. The van der Waals surface area contributed by atoms with E-state index in [1.54, 1.807) is 6.20 Å². The van der Waals surface area contributed by atoms with Gasteiger partial charge < -0.3 is 10.1 Å². The second kappa shape index (κ2) is 4.65. The summed E-state index contributed by atoms with van der Waals surface area (Å²) in [5, 5.41) is 12.3.